The van der Waals surface area contributed by atoms with Crippen LogP contribution in [0.3, 0.4) is 0 Å². The Labute approximate surface area is 183 Å². The molecule has 30 heavy (non-hydrogen) atoms. The minimum atomic E-state index is -3.76. The Morgan fingerprint density at radius 1 is 1.23 bits per heavy atom. The molecule has 0 spiro atoms. The predicted molar refractivity (Wildman–Crippen MR) is 113 cm³/mol. The van der Waals surface area contributed by atoms with E-state index in [9.17, 15) is 18.6 Å². The lowest BCUT2D eigenvalue weighted by atomic mass is 10.0. The predicted octanol–water partition coefficient (Wildman–Crippen LogP) is -0.00470. The van der Waals surface area contributed by atoms with E-state index in [1.807, 2.05) is 0 Å². The topological polar surface area (TPSA) is 118 Å². The molecule has 172 valence electrons. The van der Waals surface area contributed by atoms with Gasteiger partial charge in [0, 0.05) is 19.7 Å². The van der Waals surface area contributed by atoms with Crippen LogP contribution >= 0.6 is 12.4 Å². The summed E-state index contributed by atoms with van der Waals surface area (Å²) in [4.78, 5) is 2.24. The Morgan fingerprint density at radius 2 is 1.93 bits per heavy atom. The third-order valence-electron chi connectivity index (χ3n) is 5.65. The van der Waals surface area contributed by atoms with Gasteiger partial charge in [0.2, 0.25) is 10.0 Å². The summed E-state index contributed by atoms with van der Waals surface area (Å²) in [6, 6.07) is 5.79. The molecule has 11 heteroatoms. The van der Waals surface area contributed by atoms with E-state index in [1.165, 1.54) is 19.2 Å². The summed E-state index contributed by atoms with van der Waals surface area (Å²) in [5, 5.41) is 20.3. The second-order valence-corrected chi connectivity index (χ2v) is 9.16. The van der Waals surface area contributed by atoms with Gasteiger partial charge in [0.15, 0.2) is 0 Å². The van der Waals surface area contributed by atoms with E-state index in [-0.39, 0.29) is 36.5 Å². The van der Waals surface area contributed by atoms with Crippen molar-refractivity contribution in [1.82, 2.24) is 9.62 Å². The van der Waals surface area contributed by atoms with Crippen LogP contribution < -0.4 is 9.46 Å². The van der Waals surface area contributed by atoms with Gasteiger partial charge in [-0.2, -0.15) is 0 Å². The second kappa shape index (κ2) is 11.1. The molecule has 0 radical (unpaired) electrons. The second-order valence-electron chi connectivity index (χ2n) is 7.39. The highest BCUT2D eigenvalue weighted by Gasteiger charge is 2.49. The minimum absolute atomic E-state index is 0. The number of hydrogen-bond donors (Lipinski definition) is 3. The smallest absolute Gasteiger partial charge is 0.240 e. The maximum Gasteiger partial charge on any atom is 0.240 e. The molecule has 1 aromatic carbocycles. The van der Waals surface area contributed by atoms with Gasteiger partial charge in [0.25, 0.3) is 0 Å². The summed E-state index contributed by atoms with van der Waals surface area (Å²) < 4.78 is 44.1. The number of aliphatic hydroxyl groups excluding tert-OH is 2. The van der Waals surface area contributed by atoms with Crippen molar-refractivity contribution >= 4 is 22.4 Å². The number of likely N-dealkylation sites (tertiary alicyclic amines) is 1. The first-order valence-electron chi connectivity index (χ1n) is 9.74. The Balaban J connectivity index is 0.00000320. The maximum absolute atomic E-state index is 12.7. The van der Waals surface area contributed by atoms with Crippen molar-refractivity contribution in [3.05, 3.63) is 24.3 Å². The summed E-state index contributed by atoms with van der Waals surface area (Å²) in [6.45, 7) is 0.946. The van der Waals surface area contributed by atoms with E-state index in [0.717, 1.165) is 19.4 Å². The molecule has 0 saturated carbocycles. The monoisotopic (exact) mass is 466 g/mol. The molecule has 0 bridgehead atoms. The highest BCUT2D eigenvalue weighted by molar-refractivity contribution is 7.89. The summed E-state index contributed by atoms with van der Waals surface area (Å²) in [7, 11) is -0.613. The van der Waals surface area contributed by atoms with E-state index in [4.69, 9.17) is 14.2 Å². The van der Waals surface area contributed by atoms with Crippen LogP contribution in [0.15, 0.2) is 29.2 Å². The third kappa shape index (κ3) is 5.43. The van der Waals surface area contributed by atoms with Crippen LogP contribution in [0.2, 0.25) is 0 Å². The molecule has 3 N–H and O–H groups in total. The fourth-order valence-electron chi connectivity index (χ4n) is 4.21. The van der Waals surface area contributed by atoms with Crippen LogP contribution in [-0.4, -0.2) is 94.4 Å². The Kier molecular flexibility index (Phi) is 9.32. The molecule has 1 aromatic rings. The van der Waals surface area contributed by atoms with Gasteiger partial charge in [0.1, 0.15) is 18.0 Å². The Hall–Kier alpha value is -0.980. The molecule has 0 unspecified atom stereocenters. The van der Waals surface area contributed by atoms with E-state index in [0.29, 0.717) is 12.4 Å². The first kappa shape index (κ1) is 25.3. The zero-order valence-corrected chi connectivity index (χ0v) is 18.8. The number of ether oxygens (including phenoxy) is 3. The normalized spacial score (nSPS) is 29.7. The number of sulfonamides is 1. The first-order chi connectivity index (χ1) is 13.9. The van der Waals surface area contributed by atoms with Gasteiger partial charge in [-0.05, 0) is 43.7 Å². The van der Waals surface area contributed by atoms with Crippen LogP contribution in [0, 0.1) is 0 Å². The van der Waals surface area contributed by atoms with E-state index >= 15 is 0 Å². The number of hydrogen-bond acceptors (Lipinski definition) is 8. The minimum Gasteiger partial charge on any atom is -0.497 e. The summed E-state index contributed by atoms with van der Waals surface area (Å²) in [5.74, 6) is 0.565. The number of halogens is 1. The van der Waals surface area contributed by atoms with E-state index in [2.05, 4.69) is 9.62 Å². The van der Waals surface area contributed by atoms with Gasteiger partial charge in [-0.15, -0.1) is 12.4 Å². The molecule has 0 aromatic heterocycles. The van der Waals surface area contributed by atoms with Crippen molar-refractivity contribution in [2.24, 2.45) is 0 Å². The number of aliphatic hydroxyl groups is 2. The first-order valence-corrected chi connectivity index (χ1v) is 11.2. The lowest BCUT2D eigenvalue weighted by molar-refractivity contribution is -0.0201. The van der Waals surface area contributed by atoms with Gasteiger partial charge in [-0.3, -0.25) is 4.90 Å². The molecule has 5 atom stereocenters. The molecule has 2 aliphatic rings. The number of nitrogens with zero attached hydrogens (tertiary/aromatic N) is 1. The van der Waals surface area contributed by atoms with E-state index in [1.54, 1.807) is 19.2 Å². The molecule has 3 rings (SSSR count). The van der Waals surface area contributed by atoms with Crippen molar-refractivity contribution in [2.45, 2.75) is 48.1 Å². The van der Waals surface area contributed by atoms with Crippen molar-refractivity contribution in [1.29, 1.82) is 0 Å². The number of methoxy groups -OCH3 is 2. The Bertz CT molecular complexity index is 765. The largest absolute Gasteiger partial charge is 0.497 e. The molecule has 0 amide bonds. The van der Waals surface area contributed by atoms with Crippen molar-refractivity contribution in [2.75, 3.05) is 40.5 Å². The highest BCUT2D eigenvalue weighted by atomic mass is 35.5. The van der Waals surface area contributed by atoms with Crippen molar-refractivity contribution in [3.63, 3.8) is 0 Å². The molecule has 9 nitrogen and oxygen atoms in total. The van der Waals surface area contributed by atoms with Gasteiger partial charge in [0.05, 0.1) is 37.4 Å². The van der Waals surface area contributed by atoms with Crippen molar-refractivity contribution in [3.8, 4) is 5.75 Å². The number of benzene rings is 1. The molecule has 0 aliphatic carbocycles. The number of nitrogens with one attached hydrogen (secondary N) is 1. The standard InChI is InChI=1S/C19H30N2O7S.ClH/c1-26-12-13-4-3-9-21(13)18-16(28-17(11-22)19(18)23)10-20-29(24,25)15-7-5-14(27-2)6-8-15;/h5-8,13,16-20,22-23H,3-4,9-12H2,1-2H3;1H/t13-,16-,17+,18+,19-;/m1./s1. The SMILES string of the molecule is COC[C@H]1CCCN1[C@@H]1[C@H](O)[C@H](CO)O[C@@H]1CNS(=O)(=O)c1ccc(OC)cc1.Cl. The lowest BCUT2D eigenvalue weighted by Crippen LogP contribution is -2.53. The van der Waals surface area contributed by atoms with Crippen molar-refractivity contribution < 1.29 is 32.8 Å². The fourth-order valence-corrected chi connectivity index (χ4v) is 5.25. The quantitative estimate of drug-likeness (QED) is 0.465. The zero-order chi connectivity index (χ0) is 21.0. The van der Waals surface area contributed by atoms with E-state index < -0.39 is 34.4 Å². The zero-order valence-electron chi connectivity index (χ0n) is 17.1. The van der Waals surface area contributed by atoms with Gasteiger partial charge in [-0.25, -0.2) is 13.1 Å². The van der Waals surface area contributed by atoms with Crippen LogP contribution in [0.1, 0.15) is 12.8 Å². The summed E-state index contributed by atoms with van der Waals surface area (Å²) in [6.07, 6.45) is -0.351. The average Bonchev–Trinajstić information content (AvgIpc) is 3.30. The molecule has 2 heterocycles. The van der Waals surface area contributed by atoms with Crippen LogP contribution in [0.25, 0.3) is 0 Å². The van der Waals surface area contributed by atoms with Gasteiger partial charge >= 0.3 is 0 Å². The summed E-state index contributed by atoms with van der Waals surface area (Å²) in [5.41, 5.74) is 0. The average molecular weight is 467 g/mol. The maximum atomic E-state index is 12.7. The molecule has 2 aliphatic heterocycles. The third-order valence-corrected chi connectivity index (χ3v) is 7.09. The van der Waals surface area contributed by atoms with Crippen LogP contribution in [0.4, 0.5) is 0 Å². The Morgan fingerprint density at radius 3 is 2.53 bits per heavy atom. The van der Waals surface area contributed by atoms with Gasteiger partial charge in [-0.1, -0.05) is 0 Å². The molecular weight excluding hydrogens is 436 g/mol. The van der Waals surface area contributed by atoms with Crippen LogP contribution in [0.5, 0.6) is 5.75 Å². The molecule has 2 saturated heterocycles. The van der Waals surface area contributed by atoms with Crippen LogP contribution in [-0.2, 0) is 19.5 Å². The summed E-state index contributed by atoms with van der Waals surface area (Å²) >= 11 is 0. The fraction of sp³-hybridized carbons (Fsp3) is 0.684. The lowest BCUT2D eigenvalue weighted by Gasteiger charge is -2.34. The molecule has 2 fully saturated rings. The van der Waals surface area contributed by atoms with Gasteiger partial charge < -0.3 is 24.4 Å². The number of rotatable bonds is 9. The highest BCUT2D eigenvalue weighted by Crippen LogP contribution is 2.31. The molecular formula is C19H31ClN2O7S.